The van der Waals surface area contributed by atoms with Gasteiger partial charge in [0.15, 0.2) is 11.5 Å². The number of rotatable bonds is 3. The molecule has 0 radical (unpaired) electrons. The standard InChI is InChI=1S/C12H15ClN4/c13-10-4-3-8-17-12(10)14-11(15-17)5-9-16-6-1-2-7-16/h3-4,8H,1-2,5-7,9H2. The zero-order valence-electron chi connectivity index (χ0n) is 9.64. The van der Waals surface area contributed by atoms with Crippen LogP contribution in [0.1, 0.15) is 18.7 Å². The molecule has 0 aromatic carbocycles. The molecule has 2 aromatic rings. The highest BCUT2D eigenvalue weighted by atomic mass is 35.5. The molecule has 0 aliphatic carbocycles. The predicted octanol–water partition coefficient (Wildman–Crippen LogP) is 2.02. The zero-order valence-corrected chi connectivity index (χ0v) is 10.4. The fraction of sp³-hybridized carbons (Fsp3) is 0.500. The first kappa shape index (κ1) is 11.0. The van der Waals surface area contributed by atoms with Gasteiger partial charge in [-0.1, -0.05) is 11.6 Å². The molecule has 5 heteroatoms. The Morgan fingerprint density at radius 3 is 2.88 bits per heavy atom. The average Bonchev–Trinajstić information content (AvgIpc) is 2.95. The van der Waals surface area contributed by atoms with E-state index in [1.807, 2.05) is 18.3 Å². The van der Waals surface area contributed by atoms with Gasteiger partial charge in [-0.2, -0.15) is 5.10 Å². The van der Waals surface area contributed by atoms with Crippen LogP contribution in [-0.4, -0.2) is 39.1 Å². The van der Waals surface area contributed by atoms with E-state index < -0.39 is 0 Å². The first-order chi connectivity index (χ1) is 8.33. The summed E-state index contributed by atoms with van der Waals surface area (Å²) in [5.41, 5.74) is 0.755. The van der Waals surface area contributed by atoms with Gasteiger partial charge in [0.1, 0.15) is 0 Å². The van der Waals surface area contributed by atoms with Gasteiger partial charge < -0.3 is 4.90 Å². The van der Waals surface area contributed by atoms with Crippen molar-refractivity contribution in [2.75, 3.05) is 19.6 Å². The van der Waals surface area contributed by atoms with Crippen LogP contribution in [0.4, 0.5) is 0 Å². The van der Waals surface area contributed by atoms with E-state index in [-0.39, 0.29) is 0 Å². The minimum absolute atomic E-state index is 0.660. The van der Waals surface area contributed by atoms with Crippen molar-refractivity contribution in [2.24, 2.45) is 0 Å². The van der Waals surface area contributed by atoms with Gasteiger partial charge in [-0.15, -0.1) is 0 Å². The van der Waals surface area contributed by atoms with Gasteiger partial charge in [0.05, 0.1) is 5.02 Å². The van der Waals surface area contributed by atoms with Crippen LogP contribution < -0.4 is 0 Å². The SMILES string of the molecule is Clc1cccn2nc(CCN3CCCC3)nc12. The zero-order chi connectivity index (χ0) is 11.7. The van der Waals surface area contributed by atoms with E-state index in [2.05, 4.69) is 15.0 Å². The van der Waals surface area contributed by atoms with Crippen molar-refractivity contribution in [3.05, 3.63) is 29.2 Å². The highest BCUT2D eigenvalue weighted by Gasteiger charge is 2.13. The monoisotopic (exact) mass is 250 g/mol. The van der Waals surface area contributed by atoms with E-state index in [0.717, 1.165) is 24.4 Å². The number of hydrogen-bond acceptors (Lipinski definition) is 3. The van der Waals surface area contributed by atoms with Crippen molar-refractivity contribution in [3.63, 3.8) is 0 Å². The van der Waals surface area contributed by atoms with Crippen molar-refractivity contribution in [3.8, 4) is 0 Å². The molecule has 0 atom stereocenters. The summed E-state index contributed by atoms with van der Waals surface area (Å²) in [7, 11) is 0. The summed E-state index contributed by atoms with van der Waals surface area (Å²) in [5, 5.41) is 5.09. The third kappa shape index (κ3) is 2.28. The summed E-state index contributed by atoms with van der Waals surface area (Å²) in [6.45, 7) is 3.48. The molecule has 3 heterocycles. The number of halogens is 1. The van der Waals surface area contributed by atoms with Gasteiger partial charge in [-0.05, 0) is 38.1 Å². The van der Waals surface area contributed by atoms with Gasteiger partial charge in [-0.3, -0.25) is 0 Å². The van der Waals surface area contributed by atoms with Crippen LogP contribution >= 0.6 is 11.6 Å². The van der Waals surface area contributed by atoms with Crippen LogP contribution in [0.3, 0.4) is 0 Å². The highest BCUT2D eigenvalue weighted by molar-refractivity contribution is 6.33. The van der Waals surface area contributed by atoms with Crippen LogP contribution in [0.25, 0.3) is 5.65 Å². The number of pyridine rings is 1. The molecule has 1 aliphatic rings. The molecule has 1 aliphatic heterocycles. The van der Waals surface area contributed by atoms with E-state index >= 15 is 0 Å². The number of hydrogen-bond donors (Lipinski definition) is 0. The summed E-state index contributed by atoms with van der Waals surface area (Å²) in [6.07, 6.45) is 5.43. The normalized spacial score (nSPS) is 17.0. The minimum atomic E-state index is 0.660. The molecule has 0 unspecified atom stereocenters. The van der Waals surface area contributed by atoms with Gasteiger partial charge in [-0.25, -0.2) is 9.50 Å². The Bertz CT molecular complexity index is 516. The molecular weight excluding hydrogens is 236 g/mol. The van der Waals surface area contributed by atoms with Gasteiger partial charge in [0, 0.05) is 19.2 Å². The van der Waals surface area contributed by atoms with E-state index in [1.54, 1.807) is 4.52 Å². The molecule has 17 heavy (non-hydrogen) atoms. The molecule has 2 aromatic heterocycles. The number of aromatic nitrogens is 3. The fourth-order valence-electron chi connectivity index (χ4n) is 2.29. The summed E-state index contributed by atoms with van der Waals surface area (Å²) >= 11 is 6.06. The van der Waals surface area contributed by atoms with Crippen molar-refractivity contribution in [1.29, 1.82) is 0 Å². The van der Waals surface area contributed by atoms with Gasteiger partial charge in [0.25, 0.3) is 0 Å². The predicted molar refractivity (Wildman–Crippen MR) is 67.4 cm³/mol. The molecular formula is C12H15ClN4. The lowest BCUT2D eigenvalue weighted by Gasteiger charge is -2.12. The van der Waals surface area contributed by atoms with Gasteiger partial charge in [0.2, 0.25) is 0 Å². The molecule has 0 N–H and O–H groups in total. The molecule has 90 valence electrons. The maximum Gasteiger partial charge on any atom is 0.174 e. The highest BCUT2D eigenvalue weighted by Crippen LogP contribution is 2.15. The van der Waals surface area contributed by atoms with Crippen LogP contribution in [-0.2, 0) is 6.42 Å². The number of nitrogens with zero attached hydrogens (tertiary/aromatic N) is 4. The van der Waals surface area contributed by atoms with Crippen molar-refractivity contribution in [1.82, 2.24) is 19.5 Å². The molecule has 0 amide bonds. The first-order valence-corrected chi connectivity index (χ1v) is 6.43. The number of likely N-dealkylation sites (tertiary alicyclic amines) is 1. The second-order valence-corrected chi connectivity index (χ2v) is 4.86. The largest absolute Gasteiger partial charge is 0.303 e. The van der Waals surface area contributed by atoms with Crippen LogP contribution in [0, 0.1) is 0 Å². The first-order valence-electron chi connectivity index (χ1n) is 6.05. The third-order valence-electron chi connectivity index (χ3n) is 3.21. The molecule has 1 saturated heterocycles. The summed E-state index contributed by atoms with van der Waals surface area (Å²) in [5.74, 6) is 0.880. The van der Waals surface area contributed by atoms with Gasteiger partial charge >= 0.3 is 0 Å². The third-order valence-corrected chi connectivity index (χ3v) is 3.50. The summed E-state index contributed by atoms with van der Waals surface area (Å²) in [6, 6.07) is 3.73. The smallest absolute Gasteiger partial charge is 0.174 e. The Hall–Kier alpha value is -1.13. The lowest BCUT2D eigenvalue weighted by Crippen LogP contribution is -2.22. The van der Waals surface area contributed by atoms with Crippen molar-refractivity contribution < 1.29 is 0 Å². The van der Waals surface area contributed by atoms with E-state index in [9.17, 15) is 0 Å². The molecule has 0 saturated carbocycles. The molecule has 1 fully saturated rings. The summed E-state index contributed by atoms with van der Waals surface area (Å²) < 4.78 is 1.75. The second kappa shape index (κ2) is 4.63. The summed E-state index contributed by atoms with van der Waals surface area (Å²) in [4.78, 5) is 6.93. The average molecular weight is 251 g/mol. The fourth-order valence-corrected chi connectivity index (χ4v) is 2.49. The molecule has 0 bridgehead atoms. The van der Waals surface area contributed by atoms with E-state index in [1.165, 1.54) is 25.9 Å². The number of fused-ring (bicyclic) bond motifs is 1. The van der Waals surface area contributed by atoms with E-state index in [4.69, 9.17) is 11.6 Å². The lowest BCUT2D eigenvalue weighted by atomic mass is 10.4. The molecule has 3 rings (SSSR count). The second-order valence-electron chi connectivity index (χ2n) is 4.45. The minimum Gasteiger partial charge on any atom is -0.303 e. The van der Waals surface area contributed by atoms with Crippen LogP contribution in [0.5, 0.6) is 0 Å². The Kier molecular flexibility index (Phi) is 2.99. The Morgan fingerprint density at radius 2 is 2.12 bits per heavy atom. The Labute approximate surface area is 105 Å². The lowest BCUT2D eigenvalue weighted by molar-refractivity contribution is 0.341. The Morgan fingerprint density at radius 1 is 1.29 bits per heavy atom. The molecule has 0 spiro atoms. The quantitative estimate of drug-likeness (QED) is 0.836. The Balaban J connectivity index is 1.74. The van der Waals surface area contributed by atoms with Crippen molar-refractivity contribution in [2.45, 2.75) is 19.3 Å². The topological polar surface area (TPSA) is 33.4 Å². The van der Waals surface area contributed by atoms with Crippen LogP contribution in [0.15, 0.2) is 18.3 Å². The van der Waals surface area contributed by atoms with Crippen LogP contribution in [0.2, 0.25) is 5.02 Å². The van der Waals surface area contributed by atoms with Crippen molar-refractivity contribution >= 4 is 17.2 Å². The maximum absolute atomic E-state index is 6.06. The van der Waals surface area contributed by atoms with E-state index in [0.29, 0.717) is 5.02 Å². The maximum atomic E-state index is 6.06. The molecule has 4 nitrogen and oxygen atoms in total.